The number of alkyl halides is 4. The molecule has 1 fully saturated rings. The molecule has 9 nitrogen and oxygen atoms in total. The van der Waals surface area contributed by atoms with Crippen molar-refractivity contribution in [3.63, 3.8) is 0 Å². The van der Waals surface area contributed by atoms with Crippen LogP contribution in [0.3, 0.4) is 0 Å². The van der Waals surface area contributed by atoms with Gasteiger partial charge < -0.3 is 24.6 Å². The number of carbonyl (C=O) groups is 2. The third kappa shape index (κ3) is 6.79. The van der Waals surface area contributed by atoms with Gasteiger partial charge in [-0.25, -0.2) is 4.39 Å². The second kappa shape index (κ2) is 11.2. The van der Waals surface area contributed by atoms with Gasteiger partial charge in [-0.05, 0) is 32.4 Å². The molecule has 1 unspecified atom stereocenters. The Morgan fingerprint density at radius 3 is 2.74 bits per heavy atom. The molecule has 2 N–H and O–H groups in total. The third-order valence-electron chi connectivity index (χ3n) is 5.54. The molecule has 3 rings (SSSR count). The Labute approximate surface area is 204 Å². The highest BCUT2D eigenvalue weighted by molar-refractivity contribution is 6.20. The maximum Gasteiger partial charge on any atom is 0.444 e. The van der Waals surface area contributed by atoms with Crippen LogP contribution in [-0.4, -0.2) is 66.4 Å². The molecule has 1 aromatic carbocycles. The molecule has 2 aromatic rings. The number of methoxy groups -OCH3 is 1. The minimum Gasteiger partial charge on any atom is -0.497 e. The summed E-state index contributed by atoms with van der Waals surface area (Å²) < 4.78 is 54.8. The Hall–Kier alpha value is -2.99. The number of aromatic nitrogens is 1. The third-order valence-corrected chi connectivity index (χ3v) is 5.80. The summed E-state index contributed by atoms with van der Waals surface area (Å²) in [4.78, 5) is 27.1. The Kier molecular flexibility index (Phi) is 8.49. The molecule has 0 spiro atoms. The molecule has 0 radical (unpaired) electrons. The van der Waals surface area contributed by atoms with Crippen molar-refractivity contribution in [2.75, 3.05) is 26.7 Å². The Bertz CT molecular complexity index is 1050. The van der Waals surface area contributed by atoms with E-state index in [-0.39, 0.29) is 17.4 Å². The highest BCUT2D eigenvalue weighted by Gasteiger charge is 2.43. The van der Waals surface area contributed by atoms with Crippen molar-refractivity contribution < 1.29 is 36.8 Å². The number of halogens is 4. The molecule has 2 atom stereocenters. The number of hydrogen-bond donors (Lipinski definition) is 2. The van der Waals surface area contributed by atoms with Crippen molar-refractivity contribution in [1.82, 2.24) is 20.7 Å². The molecule has 13 heteroatoms. The van der Waals surface area contributed by atoms with E-state index in [9.17, 15) is 22.8 Å². The number of amides is 2. The quantitative estimate of drug-likeness (QED) is 0.466. The number of aryl methyl sites for hydroxylation is 2. The first-order valence-electron chi connectivity index (χ1n) is 10.7. The summed E-state index contributed by atoms with van der Waals surface area (Å²) in [5.41, 5.74) is -1.65. The molecular weight excluding hydrogens is 493 g/mol. The zero-order valence-corrected chi connectivity index (χ0v) is 20.1. The molecule has 0 saturated carbocycles. The zero-order valence-electron chi connectivity index (χ0n) is 19.4. The molecule has 1 aliphatic rings. The maximum atomic E-state index is 13.7. The molecule has 1 aliphatic heterocycles. The summed E-state index contributed by atoms with van der Waals surface area (Å²) in [6, 6.07) is 3.36. The average molecular weight is 519 g/mol. The van der Waals surface area contributed by atoms with Gasteiger partial charge in [-0.15, -0.1) is 0 Å². The standard InChI is InChI=1S/C22H26ClF3N4O5/c1-12-17(13(2)35-29-12)11-30-7-6-14(10-30)28-19(31)9-27-20(32)16-5-4-15(33-3)8-18(16)34-22(25,26)21(23)24/h4-5,8,14,21H,6-7,9-11H2,1-3H3,(H,27,32)(H,28,31)/t14-,21?/m1/s1. The largest absolute Gasteiger partial charge is 0.497 e. The lowest BCUT2D eigenvalue weighted by atomic mass is 10.1. The van der Waals surface area contributed by atoms with Crippen LogP contribution in [0, 0.1) is 13.8 Å². The number of ether oxygens (including phenoxy) is 2. The number of nitrogens with zero attached hydrogens (tertiary/aromatic N) is 2. The Morgan fingerprint density at radius 1 is 1.37 bits per heavy atom. The van der Waals surface area contributed by atoms with Crippen LogP contribution in [0.25, 0.3) is 0 Å². The highest BCUT2D eigenvalue weighted by atomic mass is 35.5. The average Bonchev–Trinajstić information content (AvgIpc) is 3.38. The van der Waals surface area contributed by atoms with Crippen LogP contribution in [0.15, 0.2) is 22.7 Å². The van der Waals surface area contributed by atoms with Gasteiger partial charge in [0, 0.05) is 37.3 Å². The summed E-state index contributed by atoms with van der Waals surface area (Å²) in [6.07, 6.45) is -3.67. The van der Waals surface area contributed by atoms with Gasteiger partial charge >= 0.3 is 6.11 Å². The fraction of sp³-hybridized carbons (Fsp3) is 0.500. The SMILES string of the molecule is COc1ccc(C(=O)NCC(=O)N[C@@H]2CCN(Cc3c(C)noc3C)C2)c(OC(F)(F)C(F)Cl)c1. The molecule has 35 heavy (non-hydrogen) atoms. The lowest BCUT2D eigenvalue weighted by Gasteiger charge is -2.20. The number of nitrogens with one attached hydrogen (secondary N) is 2. The summed E-state index contributed by atoms with van der Waals surface area (Å²) in [5, 5.41) is 9.13. The van der Waals surface area contributed by atoms with Gasteiger partial charge in [-0.1, -0.05) is 16.8 Å². The summed E-state index contributed by atoms with van der Waals surface area (Å²) in [6.45, 7) is 5.34. The first-order valence-corrected chi connectivity index (χ1v) is 11.2. The number of likely N-dealkylation sites (tertiary alicyclic amines) is 1. The Balaban J connectivity index is 1.54. The molecule has 2 heterocycles. The van der Waals surface area contributed by atoms with E-state index in [0.29, 0.717) is 13.1 Å². The van der Waals surface area contributed by atoms with Crippen LogP contribution in [0.5, 0.6) is 11.5 Å². The van der Waals surface area contributed by atoms with Gasteiger partial charge in [0.2, 0.25) is 5.91 Å². The minimum absolute atomic E-state index is 0.0949. The molecule has 2 amide bonds. The van der Waals surface area contributed by atoms with E-state index in [1.165, 1.54) is 13.2 Å². The summed E-state index contributed by atoms with van der Waals surface area (Å²) in [5.74, 6) is -1.12. The topological polar surface area (TPSA) is 106 Å². The van der Waals surface area contributed by atoms with Crippen molar-refractivity contribution >= 4 is 23.4 Å². The van der Waals surface area contributed by atoms with E-state index in [1.54, 1.807) is 0 Å². The second-order valence-corrected chi connectivity index (χ2v) is 8.48. The minimum atomic E-state index is -4.39. The van der Waals surface area contributed by atoms with Crippen LogP contribution in [-0.2, 0) is 11.3 Å². The summed E-state index contributed by atoms with van der Waals surface area (Å²) in [7, 11) is 1.28. The normalized spacial score (nSPS) is 17.2. The van der Waals surface area contributed by atoms with Gasteiger partial charge in [0.1, 0.15) is 17.3 Å². The molecule has 0 bridgehead atoms. The zero-order chi connectivity index (χ0) is 25.8. The van der Waals surface area contributed by atoms with Gasteiger partial charge in [0.25, 0.3) is 11.5 Å². The maximum absolute atomic E-state index is 13.7. The first-order chi connectivity index (χ1) is 16.5. The van der Waals surface area contributed by atoms with E-state index >= 15 is 0 Å². The predicted octanol–water partition coefficient (Wildman–Crippen LogP) is 2.93. The van der Waals surface area contributed by atoms with Crippen molar-refractivity contribution in [2.45, 2.75) is 44.6 Å². The van der Waals surface area contributed by atoms with E-state index in [1.807, 2.05) is 13.8 Å². The van der Waals surface area contributed by atoms with Gasteiger partial charge in [0.15, 0.2) is 0 Å². The highest BCUT2D eigenvalue weighted by Crippen LogP contribution is 2.33. The monoisotopic (exact) mass is 518 g/mol. The number of carbonyl (C=O) groups excluding carboxylic acids is 2. The van der Waals surface area contributed by atoms with Crippen LogP contribution in [0.1, 0.15) is 33.8 Å². The van der Waals surface area contributed by atoms with Crippen molar-refractivity contribution in [3.05, 3.63) is 40.8 Å². The number of rotatable bonds is 10. The van der Waals surface area contributed by atoms with Crippen LogP contribution < -0.4 is 20.1 Å². The Morgan fingerprint density at radius 2 is 2.11 bits per heavy atom. The van der Waals surface area contributed by atoms with Crippen molar-refractivity contribution in [3.8, 4) is 11.5 Å². The molecule has 192 valence electrons. The van der Waals surface area contributed by atoms with Gasteiger partial charge in [-0.2, -0.15) is 8.78 Å². The molecule has 0 aliphatic carbocycles. The molecular formula is C22H26ClF3N4O5. The van der Waals surface area contributed by atoms with E-state index < -0.39 is 35.8 Å². The van der Waals surface area contributed by atoms with Crippen LogP contribution in [0.2, 0.25) is 0 Å². The van der Waals surface area contributed by atoms with Gasteiger partial charge in [-0.3, -0.25) is 14.5 Å². The number of hydrogen-bond acceptors (Lipinski definition) is 7. The van der Waals surface area contributed by atoms with E-state index in [2.05, 4.69) is 25.4 Å². The second-order valence-electron chi connectivity index (χ2n) is 8.10. The fourth-order valence-electron chi connectivity index (χ4n) is 3.67. The predicted molar refractivity (Wildman–Crippen MR) is 119 cm³/mol. The van der Waals surface area contributed by atoms with Gasteiger partial charge in [0.05, 0.1) is 24.9 Å². The van der Waals surface area contributed by atoms with Crippen LogP contribution >= 0.6 is 11.6 Å². The summed E-state index contributed by atoms with van der Waals surface area (Å²) >= 11 is 4.84. The lowest BCUT2D eigenvalue weighted by Crippen LogP contribution is -2.43. The molecule has 1 saturated heterocycles. The lowest BCUT2D eigenvalue weighted by molar-refractivity contribution is -0.199. The smallest absolute Gasteiger partial charge is 0.444 e. The van der Waals surface area contributed by atoms with Crippen molar-refractivity contribution in [1.29, 1.82) is 0 Å². The first kappa shape index (κ1) is 26.6. The van der Waals surface area contributed by atoms with Crippen LogP contribution in [0.4, 0.5) is 13.2 Å². The van der Waals surface area contributed by atoms with E-state index in [4.69, 9.17) is 20.9 Å². The van der Waals surface area contributed by atoms with Crippen molar-refractivity contribution in [2.24, 2.45) is 0 Å². The van der Waals surface area contributed by atoms with E-state index in [0.717, 1.165) is 42.1 Å². The fourth-order valence-corrected chi connectivity index (χ4v) is 3.72. The molecule has 1 aromatic heterocycles. The number of benzene rings is 1.